The third kappa shape index (κ3) is 1.95. The predicted octanol–water partition coefficient (Wildman–Crippen LogP) is 0.912. The number of nitrogens with two attached hydrogens (primary N) is 2. The van der Waals surface area contributed by atoms with E-state index in [1.165, 1.54) is 0 Å². The Balaban J connectivity index is 2.58. The highest BCUT2D eigenvalue weighted by molar-refractivity contribution is 5.86. The monoisotopic (exact) mass is 212 g/mol. The highest BCUT2D eigenvalue weighted by Gasteiger charge is 2.04. The molecule has 16 heavy (non-hydrogen) atoms. The molecule has 0 bridgehead atoms. The summed E-state index contributed by atoms with van der Waals surface area (Å²) in [6.45, 7) is 0.545. The number of hydrogen-bond acceptors (Lipinski definition) is 4. The van der Waals surface area contributed by atoms with Crippen LogP contribution in [0.3, 0.4) is 0 Å². The molecule has 0 unspecified atom stereocenters. The standard InChI is InChI=1S/C12H12N4/c13-6-2-1-3-9-10(14)4-5-11-12(9)16-8-7-15-11/h4-5,7-8H,2,6,13-14H2. The van der Waals surface area contributed by atoms with Gasteiger partial charge in [0.1, 0.15) is 5.52 Å². The first-order valence-corrected chi connectivity index (χ1v) is 5.01. The number of benzene rings is 1. The first-order chi connectivity index (χ1) is 7.83. The van der Waals surface area contributed by atoms with Crippen molar-refractivity contribution in [1.82, 2.24) is 9.97 Å². The third-order valence-electron chi connectivity index (χ3n) is 2.16. The van der Waals surface area contributed by atoms with E-state index in [4.69, 9.17) is 11.5 Å². The molecule has 0 saturated heterocycles. The molecular formula is C12H12N4. The van der Waals surface area contributed by atoms with Crippen LogP contribution < -0.4 is 11.5 Å². The number of aromatic nitrogens is 2. The van der Waals surface area contributed by atoms with Gasteiger partial charge in [0.05, 0.1) is 11.1 Å². The fourth-order valence-corrected chi connectivity index (χ4v) is 1.41. The van der Waals surface area contributed by atoms with Crippen molar-refractivity contribution in [1.29, 1.82) is 0 Å². The van der Waals surface area contributed by atoms with Crippen molar-refractivity contribution in [3.8, 4) is 11.8 Å². The Labute approximate surface area is 93.7 Å². The number of rotatable bonds is 1. The molecule has 1 aromatic heterocycles. The van der Waals surface area contributed by atoms with Gasteiger partial charge in [-0.05, 0) is 12.1 Å². The smallest absolute Gasteiger partial charge is 0.106 e. The summed E-state index contributed by atoms with van der Waals surface area (Å²) >= 11 is 0. The minimum absolute atomic E-state index is 0.545. The van der Waals surface area contributed by atoms with E-state index < -0.39 is 0 Å². The van der Waals surface area contributed by atoms with Crippen molar-refractivity contribution in [3.05, 3.63) is 30.1 Å². The number of anilines is 1. The molecule has 0 radical (unpaired) electrons. The maximum atomic E-state index is 5.87. The number of hydrogen-bond donors (Lipinski definition) is 2. The minimum Gasteiger partial charge on any atom is -0.398 e. The van der Waals surface area contributed by atoms with Gasteiger partial charge in [-0.2, -0.15) is 0 Å². The highest BCUT2D eigenvalue weighted by atomic mass is 14.8. The second-order valence-corrected chi connectivity index (χ2v) is 3.29. The van der Waals surface area contributed by atoms with Crippen LogP contribution in [-0.4, -0.2) is 16.5 Å². The predicted molar refractivity (Wildman–Crippen MR) is 64.5 cm³/mol. The number of fused-ring (bicyclic) bond motifs is 1. The van der Waals surface area contributed by atoms with Crippen molar-refractivity contribution < 1.29 is 0 Å². The molecule has 1 aromatic carbocycles. The van der Waals surface area contributed by atoms with E-state index in [2.05, 4.69) is 21.8 Å². The topological polar surface area (TPSA) is 77.8 Å². The van der Waals surface area contributed by atoms with Crippen molar-refractivity contribution in [2.75, 3.05) is 12.3 Å². The van der Waals surface area contributed by atoms with E-state index in [0.29, 0.717) is 18.7 Å². The lowest BCUT2D eigenvalue weighted by Crippen LogP contribution is -1.97. The summed E-state index contributed by atoms with van der Waals surface area (Å²) < 4.78 is 0. The quantitative estimate of drug-likeness (QED) is 0.544. The first kappa shape index (κ1) is 10.4. The summed E-state index contributed by atoms with van der Waals surface area (Å²) in [7, 11) is 0. The lowest BCUT2D eigenvalue weighted by atomic mass is 10.1. The zero-order valence-electron chi connectivity index (χ0n) is 8.77. The van der Waals surface area contributed by atoms with E-state index in [1.54, 1.807) is 18.5 Å². The van der Waals surface area contributed by atoms with Crippen molar-refractivity contribution in [2.24, 2.45) is 5.73 Å². The number of nitrogens with zero attached hydrogens (tertiary/aromatic N) is 2. The summed E-state index contributed by atoms with van der Waals surface area (Å²) in [4.78, 5) is 8.45. The average Bonchev–Trinajstić information content (AvgIpc) is 2.32. The van der Waals surface area contributed by atoms with Gasteiger partial charge in [-0.15, -0.1) is 0 Å². The van der Waals surface area contributed by atoms with Crippen LogP contribution in [0.15, 0.2) is 24.5 Å². The molecular weight excluding hydrogens is 200 g/mol. The zero-order chi connectivity index (χ0) is 11.4. The lowest BCUT2D eigenvalue weighted by molar-refractivity contribution is 1.03. The zero-order valence-corrected chi connectivity index (χ0v) is 8.77. The van der Waals surface area contributed by atoms with Crippen LogP contribution in [0, 0.1) is 11.8 Å². The molecule has 0 aliphatic carbocycles. The van der Waals surface area contributed by atoms with Gasteiger partial charge >= 0.3 is 0 Å². The van der Waals surface area contributed by atoms with Gasteiger partial charge in [0, 0.05) is 31.0 Å². The molecule has 4 N–H and O–H groups in total. The van der Waals surface area contributed by atoms with Gasteiger partial charge in [-0.1, -0.05) is 11.8 Å². The van der Waals surface area contributed by atoms with Crippen LogP contribution in [0.2, 0.25) is 0 Å². The minimum atomic E-state index is 0.545. The van der Waals surface area contributed by atoms with Crippen LogP contribution >= 0.6 is 0 Å². The molecule has 0 spiro atoms. The van der Waals surface area contributed by atoms with Crippen LogP contribution in [0.5, 0.6) is 0 Å². The molecule has 4 nitrogen and oxygen atoms in total. The summed E-state index contributed by atoms with van der Waals surface area (Å²) in [6, 6.07) is 3.63. The van der Waals surface area contributed by atoms with Crippen molar-refractivity contribution >= 4 is 16.7 Å². The Kier molecular flexibility index (Phi) is 2.99. The molecule has 2 aromatic rings. The fourth-order valence-electron chi connectivity index (χ4n) is 1.41. The van der Waals surface area contributed by atoms with Crippen LogP contribution in [-0.2, 0) is 0 Å². The molecule has 0 amide bonds. The fraction of sp³-hybridized carbons (Fsp3) is 0.167. The highest BCUT2D eigenvalue weighted by Crippen LogP contribution is 2.19. The van der Waals surface area contributed by atoms with Crippen LogP contribution in [0.1, 0.15) is 12.0 Å². The van der Waals surface area contributed by atoms with Gasteiger partial charge < -0.3 is 11.5 Å². The second-order valence-electron chi connectivity index (χ2n) is 3.29. The molecule has 80 valence electrons. The molecule has 0 fully saturated rings. The molecule has 1 heterocycles. The Hall–Kier alpha value is -2.12. The van der Waals surface area contributed by atoms with E-state index in [1.807, 2.05) is 6.07 Å². The second kappa shape index (κ2) is 4.60. The van der Waals surface area contributed by atoms with E-state index in [-0.39, 0.29) is 0 Å². The Morgan fingerprint density at radius 3 is 2.81 bits per heavy atom. The SMILES string of the molecule is NCCC#Cc1c(N)ccc2nccnc12. The average molecular weight is 212 g/mol. The van der Waals surface area contributed by atoms with Crippen molar-refractivity contribution in [3.63, 3.8) is 0 Å². The molecule has 4 heteroatoms. The van der Waals surface area contributed by atoms with Crippen LogP contribution in [0.25, 0.3) is 11.0 Å². The van der Waals surface area contributed by atoms with E-state index in [0.717, 1.165) is 16.6 Å². The first-order valence-electron chi connectivity index (χ1n) is 5.01. The van der Waals surface area contributed by atoms with Gasteiger partial charge in [0.25, 0.3) is 0 Å². The molecule has 0 saturated carbocycles. The van der Waals surface area contributed by atoms with Crippen LogP contribution in [0.4, 0.5) is 5.69 Å². The Morgan fingerprint density at radius 2 is 2.00 bits per heavy atom. The summed E-state index contributed by atoms with van der Waals surface area (Å²) in [5.74, 6) is 5.96. The third-order valence-corrected chi connectivity index (χ3v) is 2.16. The van der Waals surface area contributed by atoms with Gasteiger partial charge in [-0.25, -0.2) is 0 Å². The van der Waals surface area contributed by atoms with E-state index >= 15 is 0 Å². The molecule has 2 rings (SSSR count). The van der Waals surface area contributed by atoms with Gasteiger partial charge in [0.2, 0.25) is 0 Å². The molecule has 0 aliphatic rings. The Bertz CT molecular complexity index is 566. The largest absolute Gasteiger partial charge is 0.398 e. The van der Waals surface area contributed by atoms with Gasteiger partial charge in [-0.3, -0.25) is 9.97 Å². The number of nitrogen functional groups attached to an aromatic ring is 1. The summed E-state index contributed by atoms with van der Waals surface area (Å²) in [5.41, 5.74) is 14.1. The summed E-state index contributed by atoms with van der Waals surface area (Å²) in [6.07, 6.45) is 3.93. The van der Waals surface area contributed by atoms with Gasteiger partial charge in [0.15, 0.2) is 0 Å². The normalized spacial score (nSPS) is 9.81. The maximum Gasteiger partial charge on any atom is 0.106 e. The molecule has 0 atom stereocenters. The van der Waals surface area contributed by atoms with Crippen molar-refractivity contribution in [2.45, 2.75) is 6.42 Å². The Morgan fingerprint density at radius 1 is 1.19 bits per heavy atom. The summed E-state index contributed by atoms with van der Waals surface area (Å²) in [5, 5.41) is 0. The lowest BCUT2D eigenvalue weighted by Gasteiger charge is -2.01. The maximum absolute atomic E-state index is 5.87. The molecule has 0 aliphatic heterocycles. The van der Waals surface area contributed by atoms with E-state index in [9.17, 15) is 0 Å².